The SMILES string of the molecule is CCNCc1cncc(Oc2ccc(OCC)cc2)n1. The van der Waals surface area contributed by atoms with Crippen molar-refractivity contribution < 1.29 is 9.47 Å². The molecule has 0 aliphatic heterocycles. The Balaban J connectivity index is 2.01. The summed E-state index contributed by atoms with van der Waals surface area (Å²) >= 11 is 0. The molecule has 2 rings (SSSR count). The molecule has 0 aliphatic carbocycles. The number of ether oxygens (including phenoxy) is 2. The van der Waals surface area contributed by atoms with Crippen molar-refractivity contribution >= 4 is 0 Å². The van der Waals surface area contributed by atoms with Crippen molar-refractivity contribution in [2.24, 2.45) is 0 Å². The number of hydrogen-bond acceptors (Lipinski definition) is 5. The maximum absolute atomic E-state index is 5.68. The molecule has 1 aromatic carbocycles. The zero-order valence-corrected chi connectivity index (χ0v) is 11.8. The van der Waals surface area contributed by atoms with E-state index in [4.69, 9.17) is 9.47 Å². The van der Waals surface area contributed by atoms with Gasteiger partial charge in [0.1, 0.15) is 11.5 Å². The second-order valence-corrected chi connectivity index (χ2v) is 4.14. The quantitative estimate of drug-likeness (QED) is 0.840. The van der Waals surface area contributed by atoms with E-state index in [2.05, 4.69) is 15.3 Å². The third-order valence-corrected chi connectivity index (χ3v) is 2.58. The highest BCUT2D eigenvalue weighted by Crippen LogP contribution is 2.22. The van der Waals surface area contributed by atoms with E-state index in [1.54, 1.807) is 12.4 Å². The van der Waals surface area contributed by atoms with Crippen LogP contribution >= 0.6 is 0 Å². The molecular formula is C15H19N3O2. The predicted molar refractivity (Wildman–Crippen MR) is 77.1 cm³/mol. The molecular weight excluding hydrogens is 254 g/mol. The number of nitrogens with one attached hydrogen (secondary N) is 1. The normalized spacial score (nSPS) is 10.3. The molecule has 1 aromatic heterocycles. The van der Waals surface area contributed by atoms with Gasteiger partial charge in [-0.3, -0.25) is 4.98 Å². The van der Waals surface area contributed by atoms with Gasteiger partial charge in [-0.15, -0.1) is 0 Å². The molecule has 2 aromatic rings. The molecule has 0 amide bonds. The van der Waals surface area contributed by atoms with Crippen molar-refractivity contribution in [1.29, 1.82) is 0 Å². The lowest BCUT2D eigenvalue weighted by molar-refractivity contribution is 0.339. The van der Waals surface area contributed by atoms with Gasteiger partial charge in [0, 0.05) is 12.7 Å². The molecule has 106 valence electrons. The summed E-state index contributed by atoms with van der Waals surface area (Å²) in [6, 6.07) is 7.44. The van der Waals surface area contributed by atoms with E-state index >= 15 is 0 Å². The summed E-state index contributed by atoms with van der Waals surface area (Å²) < 4.78 is 11.1. The number of nitrogens with zero attached hydrogens (tertiary/aromatic N) is 2. The van der Waals surface area contributed by atoms with Gasteiger partial charge in [-0.05, 0) is 37.7 Å². The Bertz CT molecular complexity index is 529. The Labute approximate surface area is 119 Å². The molecule has 0 saturated carbocycles. The summed E-state index contributed by atoms with van der Waals surface area (Å²) in [5.74, 6) is 2.03. The van der Waals surface area contributed by atoms with Crippen molar-refractivity contribution in [2.75, 3.05) is 13.2 Å². The van der Waals surface area contributed by atoms with Crippen LogP contribution in [0.5, 0.6) is 17.4 Å². The molecule has 0 bridgehead atoms. The summed E-state index contributed by atoms with van der Waals surface area (Å²) in [5.41, 5.74) is 0.857. The van der Waals surface area contributed by atoms with Crippen LogP contribution in [0.25, 0.3) is 0 Å². The summed E-state index contributed by atoms with van der Waals surface area (Å²) in [5, 5.41) is 3.20. The Morgan fingerprint density at radius 2 is 1.80 bits per heavy atom. The molecule has 1 heterocycles. The van der Waals surface area contributed by atoms with E-state index < -0.39 is 0 Å². The zero-order valence-electron chi connectivity index (χ0n) is 11.8. The zero-order chi connectivity index (χ0) is 14.2. The van der Waals surface area contributed by atoms with Crippen LogP contribution in [-0.2, 0) is 6.54 Å². The number of rotatable bonds is 7. The lowest BCUT2D eigenvalue weighted by Gasteiger charge is -2.07. The molecule has 1 N–H and O–H groups in total. The van der Waals surface area contributed by atoms with Crippen molar-refractivity contribution in [1.82, 2.24) is 15.3 Å². The van der Waals surface area contributed by atoms with Crippen LogP contribution in [0.1, 0.15) is 19.5 Å². The van der Waals surface area contributed by atoms with Crippen LogP contribution in [0.3, 0.4) is 0 Å². The van der Waals surface area contributed by atoms with Crippen LogP contribution < -0.4 is 14.8 Å². The monoisotopic (exact) mass is 273 g/mol. The molecule has 0 spiro atoms. The van der Waals surface area contributed by atoms with Crippen molar-refractivity contribution in [2.45, 2.75) is 20.4 Å². The van der Waals surface area contributed by atoms with E-state index in [0.29, 0.717) is 24.8 Å². The standard InChI is InChI=1S/C15H19N3O2/c1-3-16-9-12-10-17-11-15(18-12)20-14-7-5-13(6-8-14)19-4-2/h5-8,10-11,16H,3-4,9H2,1-2H3. The average molecular weight is 273 g/mol. The maximum Gasteiger partial charge on any atom is 0.238 e. The van der Waals surface area contributed by atoms with Gasteiger partial charge < -0.3 is 14.8 Å². The van der Waals surface area contributed by atoms with E-state index in [1.807, 2.05) is 38.1 Å². The van der Waals surface area contributed by atoms with Crippen LogP contribution in [0.4, 0.5) is 0 Å². The van der Waals surface area contributed by atoms with Gasteiger partial charge in [0.05, 0.1) is 18.5 Å². The molecule has 5 nitrogen and oxygen atoms in total. The van der Waals surface area contributed by atoms with Crippen LogP contribution in [0, 0.1) is 0 Å². The fourth-order valence-electron chi connectivity index (χ4n) is 1.67. The maximum atomic E-state index is 5.68. The van der Waals surface area contributed by atoms with E-state index in [-0.39, 0.29) is 0 Å². The molecule has 0 atom stereocenters. The highest BCUT2D eigenvalue weighted by molar-refractivity contribution is 5.33. The Morgan fingerprint density at radius 3 is 2.50 bits per heavy atom. The number of aromatic nitrogens is 2. The van der Waals surface area contributed by atoms with E-state index in [0.717, 1.165) is 18.0 Å². The van der Waals surface area contributed by atoms with Crippen LogP contribution in [0.2, 0.25) is 0 Å². The Kier molecular flexibility index (Phi) is 5.32. The van der Waals surface area contributed by atoms with Gasteiger partial charge in [0.2, 0.25) is 5.88 Å². The average Bonchev–Trinajstić information content (AvgIpc) is 2.48. The minimum Gasteiger partial charge on any atom is -0.494 e. The first-order chi connectivity index (χ1) is 9.81. The van der Waals surface area contributed by atoms with Crippen LogP contribution in [-0.4, -0.2) is 23.1 Å². The summed E-state index contributed by atoms with van der Waals surface area (Å²) in [4.78, 5) is 8.51. The first-order valence-corrected chi connectivity index (χ1v) is 6.74. The molecule has 0 unspecified atom stereocenters. The van der Waals surface area contributed by atoms with Crippen molar-refractivity contribution in [3.05, 3.63) is 42.4 Å². The summed E-state index contributed by atoms with van der Waals surface area (Å²) in [7, 11) is 0. The highest BCUT2D eigenvalue weighted by atomic mass is 16.5. The van der Waals surface area contributed by atoms with Crippen molar-refractivity contribution in [3.63, 3.8) is 0 Å². The molecule has 20 heavy (non-hydrogen) atoms. The van der Waals surface area contributed by atoms with Gasteiger partial charge in [-0.2, -0.15) is 0 Å². The Hall–Kier alpha value is -2.14. The minimum atomic E-state index is 0.490. The lowest BCUT2D eigenvalue weighted by atomic mass is 10.3. The van der Waals surface area contributed by atoms with E-state index in [1.165, 1.54) is 0 Å². The lowest BCUT2D eigenvalue weighted by Crippen LogP contribution is -2.13. The molecule has 0 radical (unpaired) electrons. The van der Waals surface area contributed by atoms with Crippen molar-refractivity contribution in [3.8, 4) is 17.4 Å². The van der Waals surface area contributed by atoms with Gasteiger partial charge in [0.15, 0.2) is 0 Å². The largest absolute Gasteiger partial charge is 0.494 e. The summed E-state index contributed by atoms with van der Waals surface area (Å²) in [6.45, 7) is 6.23. The van der Waals surface area contributed by atoms with Gasteiger partial charge in [-0.1, -0.05) is 6.92 Å². The molecule has 0 aliphatic rings. The first-order valence-electron chi connectivity index (χ1n) is 6.74. The third kappa shape index (κ3) is 4.20. The molecule has 0 fully saturated rings. The minimum absolute atomic E-state index is 0.490. The first kappa shape index (κ1) is 14.3. The fourth-order valence-corrected chi connectivity index (χ4v) is 1.67. The topological polar surface area (TPSA) is 56.3 Å². The van der Waals surface area contributed by atoms with Crippen LogP contribution in [0.15, 0.2) is 36.7 Å². The third-order valence-electron chi connectivity index (χ3n) is 2.58. The fraction of sp³-hybridized carbons (Fsp3) is 0.333. The summed E-state index contributed by atoms with van der Waals surface area (Å²) in [6.07, 6.45) is 3.33. The highest BCUT2D eigenvalue weighted by Gasteiger charge is 2.02. The van der Waals surface area contributed by atoms with Gasteiger partial charge >= 0.3 is 0 Å². The second kappa shape index (κ2) is 7.45. The predicted octanol–water partition coefficient (Wildman–Crippen LogP) is 2.78. The van der Waals surface area contributed by atoms with E-state index in [9.17, 15) is 0 Å². The number of hydrogen-bond donors (Lipinski definition) is 1. The second-order valence-electron chi connectivity index (χ2n) is 4.14. The van der Waals surface area contributed by atoms with Gasteiger partial charge in [-0.25, -0.2) is 4.98 Å². The smallest absolute Gasteiger partial charge is 0.238 e. The number of benzene rings is 1. The molecule has 5 heteroatoms. The molecule has 0 saturated heterocycles. The Morgan fingerprint density at radius 1 is 1.05 bits per heavy atom. The van der Waals surface area contributed by atoms with Gasteiger partial charge in [0.25, 0.3) is 0 Å².